The van der Waals surface area contributed by atoms with Crippen LogP contribution >= 0.6 is 11.6 Å². The van der Waals surface area contributed by atoms with Crippen molar-refractivity contribution in [3.8, 4) is 0 Å². The van der Waals surface area contributed by atoms with E-state index in [0.29, 0.717) is 17.0 Å². The van der Waals surface area contributed by atoms with Gasteiger partial charge in [0.05, 0.1) is 6.04 Å². The Morgan fingerprint density at radius 1 is 1.35 bits per heavy atom. The average Bonchev–Trinajstić information content (AvgIpc) is 2.87. The Kier molecular flexibility index (Phi) is 3.99. The highest BCUT2D eigenvalue weighted by molar-refractivity contribution is 6.31. The second-order valence-electron chi connectivity index (χ2n) is 6.05. The molecule has 0 bridgehead atoms. The van der Waals surface area contributed by atoms with Gasteiger partial charge in [-0.3, -0.25) is 4.79 Å². The maximum atomic E-state index is 12.4. The number of benzene rings is 1. The van der Waals surface area contributed by atoms with Crippen LogP contribution in [0.3, 0.4) is 0 Å². The molecule has 1 heterocycles. The van der Waals surface area contributed by atoms with Crippen molar-refractivity contribution >= 4 is 23.2 Å². The van der Waals surface area contributed by atoms with Gasteiger partial charge in [-0.25, -0.2) is 0 Å². The first-order chi connectivity index (χ1) is 9.63. The molecule has 1 aromatic carbocycles. The molecule has 0 spiro atoms. The number of anilines is 1. The minimum Gasteiger partial charge on any atom is -0.324 e. The number of aryl methyl sites for hydroxylation is 1. The third kappa shape index (κ3) is 2.84. The molecule has 0 radical (unpaired) electrons. The lowest BCUT2D eigenvalue weighted by molar-refractivity contribution is -0.117. The smallest absolute Gasteiger partial charge is 0.241 e. The summed E-state index contributed by atoms with van der Waals surface area (Å²) in [6.07, 6.45) is 6.04. The molecule has 3 atom stereocenters. The molecule has 20 heavy (non-hydrogen) atoms. The zero-order valence-electron chi connectivity index (χ0n) is 11.8. The van der Waals surface area contributed by atoms with Crippen LogP contribution in [0.2, 0.25) is 5.02 Å². The molecule has 0 aromatic heterocycles. The zero-order chi connectivity index (χ0) is 14.1. The van der Waals surface area contributed by atoms with Crippen molar-refractivity contribution < 1.29 is 4.79 Å². The van der Waals surface area contributed by atoms with E-state index in [1.807, 2.05) is 25.1 Å². The van der Waals surface area contributed by atoms with E-state index in [0.717, 1.165) is 17.7 Å². The van der Waals surface area contributed by atoms with Gasteiger partial charge in [-0.1, -0.05) is 30.5 Å². The van der Waals surface area contributed by atoms with E-state index < -0.39 is 0 Å². The van der Waals surface area contributed by atoms with Crippen molar-refractivity contribution in [2.75, 3.05) is 5.32 Å². The molecule has 108 valence electrons. The van der Waals surface area contributed by atoms with Crippen LogP contribution in [0.25, 0.3) is 0 Å². The van der Waals surface area contributed by atoms with E-state index in [2.05, 4.69) is 10.6 Å². The molecule has 3 unspecified atom stereocenters. The van der Waals surface area contributed by atoms with Crippen LogP contribution in [0.5, 0.6) is 0 Å². The standard InChI is InChI=1S/C16H21ClN2O/c1-10-6-7-12(17)9-14(10)19-16(20)15-8-11-4-2-3-5-13(11)18-15/h6-7,9,11,13,15,18H,2-5,8H2,1H3,(H,19,20). The zero-order valence-corrected chi connectivity index (χ0v) is 12.5. The Morgan fingerprint density at radius 2 is 2.15 bits per heavy atom. The molecule has 2 N–H and O–H groups in total. The Labute approximate surface area is 125 Å². The lowest BCUT2D eigenvalue weighted by Gasteiger charge is -2.24. The number of fused-ring (bicyclic) bond motifs is 1. The highest BCUT2D eigenvalue weighted by Gasteiger charge is 2.38. The van der Waals surface area contributed by atoms with Crippen LogP contribution in [0.1, 0.15) is 37.7 Å². The third-order valence-corrected chi connectivity index (χ3v) is 4.87. The lowest BCUT2D eigenvalue weighted by Crippen LogP contribution is -2.40. The van der Waals surface area contributed by atoms with Crippen LogP contribution in [0, 0.1) is 12.8 Å². The SMILES string of the molecule is Cc1ccc(Cl)cc1NC(=O)C1CC2CCCCC2N1. The van der Waals surface area contributed by atoms with Crippen molar-refractivity contribution in [2.24, 2.45) is 5.92 Å². The molecular formula is C16H21ClN2O. The van der Waals surface area contributed by atoms with Gasteiger partial charge in [0.25, 0.3) is 0 Å². The van der Waals surface area contributed by atoms with Gasteiger partial charge < -0.3 is 10.6 Å². The maximum absolute atomic E-state index is 12.4. The fraction of sp³-hybridized carbons (Fsp3) is 0.562. The van der Waals surface area contributed by atoms with E-state index in [1.165, 1.54) is 25.7 Å². The highest BCUT2D eigenvalue weighted by atomic mass is 35.5. The molecular weight excluding hydrogens is 272 g/mol. The van der Waals surface area contributed by atoms with Gasteiger partial charge in [0.2, 0.25) is 5.91 Å². The lowest BCUT2D eigenvalue weighted by atomic mass is 9.85. The Balaban J connectivity index is 1.66. The Bertz CT molecular complexity index is 503. The van der Waals surface area contributed by atoms with Gasteiger partial charge in [-0.2, -0.15) is 0 Å². The summed E-state index contributed by atoms with van der Waals surface area (Å²) in [6, 6.07) is 6.08. The quantitative estimate of drug-likeness (QED) is 0.876. The summed E-state index contributed by atoms with van der Waals surface area (Å²) < 4.78 is 0. The van der Waals surface area contributed by atoms with Crippen LogP contribution in [-0.2, 0) is 4.79 Å². The van der Waals surface area contributed by atoms with Crippen LogP contribution < -0.4 is 10.6 Å². The molecule has 1 aliphatic heterocycles. The van der Waals surface area contributed by atoms with Crippen molar-refractivity contribution in [3.05, 3.63) is 28.8 Å². The molecule has 1 aliphatic carbocycles. The predicted molar refractivity (Wildman–Crippen MR) is 82.1 cm³/mol. The van der Waals surface area contributed by atoms with Crippen LogP contribution in [-0.4, -0.2) is 18.0 Å². The summed E-state index contributed by atoms with van der Waals surface area (Å²) in [7, 11) is 0. The number of rotatable bonds is 2. The number of carbonyl (C=O) groups excluding carboxylic acids is 1. The molecule has 4 heteroatoms. The fourth-order valence-electron chi connectivity index (χ4n) is 3.47. The minimum atomic E-state index is -0.0542. The number of hydrogen-bond donors (Lipinski definition) is 2. The number of halogens is 1. The van der Waals surface area contributed by atoms with Gasteiger partial charge >= 0.3 is 0 Å². The minimum absolute atomic E-state index is 0.0542. The van der Waals surface area contributed by atoms with Crippen molar-refractivity contribution in [1.29, 1.82) is 0 Å². The number of carbonyl (C=O) groups is 1. The molecule has 1 saturated heterocycles. The normalized spacial score (nSPS) is 29.0. The van der Waals surface area contributed by atoms with Gasteiger partial charge in [-0.15, -0.1) is 0 Å². The first-order valence-corrected chi connectivity index (χ1v) is 7.84. The fourth-order valence-corrected chi connectivity index (χ4v) is 3.64. The molecule has 2 aliphatic rings. The van der Waals surface area contributed by atoms with E-state index in [4.69, 9.17) is 11.6 Å². The summed E-state index contributed by atoms with van der Waals surface area (Å²) in [5, 5.41) is 7.17. The van der Waals surface area contributed by atoms with Gasteiger partial charge in [0, 0.05) is 16.8 Å². The third-order valence-electron chi connectivity index (χ3n) is 4.64. The van der Waals surface area contributed by atoms with Gasteiger partial charge in [0.1, 0.15) is 0 Å². The van der Waals surface area contributed by atoms with E-state index >= 15 is 0 Å². The molecule has 3 nitrogen and oxygen atoms in total. The molecule has 1 amide bonds. The second-order valence-corrected chi connectivity index (χ2v) is 6.49. The van der Waals surface area contributed by atoms with Crippen LogP contribution in [0.15, 0.2) is 18.2 Å². The number of hydrogen-bond acceptors (Lipinski definition) is 2. The summed E-state index contributed by atoms with van der Waals surface area (Å²) in [5.74, 6) is 0.754. The topological polar surface area (TPSA) is 41.1 Å². The van der Waals surface area contributed by atoms with E-state index in [9.17, 15) is 4.79 Å². The highest BCUT2D eigenvalue weighted by Crippen LogP contribution is 2.33. The number of nitrogens with one attached hydrogen (secondary N) is 2. The number of amides is 1. The van der Waals surface area contributed by atoms with E-state index in [1.54, 1.807) is 0 Å². The Hall–Kier alpha value is -1.06. The predicted octanol–water partition coefficient (Wildman–Crippen LogP) is 3.51. The molecule has 1 aromatic rings. The summed E-state index contributed by atoms with van der Waals surface area (Å²) in [5.41, 5.74) is 1.86. The summed E-state index contributed by atoms with van der Waals surface area (Å²) in [6.45, 7) is 1.98. The first kappa shape index (κ1) is 13.9. The summed E-state index contributed by atoms with van der Waals surface area (Å²) in [4.78, 5) is 12.4. The second kappa shape index (κ2) is 5.74. The largest absolute Gasteiger partial charge is 0.324 e. The first-order valence-electron chi connectivity index (χ1n) is 7.46. The molecule has 3 rings (SSSR count). The van der Waals surface area contributed by atoms with Crippen molar-refractivity contribution in [1.82, 2.24) is 5.32 Å². The van der Waals surface area contributed by atoms with Crippen molar-refractivity contribution in [3.63, 3.8) is 0 Å². The van der Waals surface area contributed by atoms with Gasteiger partial charge in [0.15, 0.2) is 0 Å². The maximum Gasteiger partial charge on any atom is 0.241 e. The van der Waals surface area contributed by atoms with Crippen LogP contribution in [0.4, 0.5) is 5.69 Å². The molecule has 1 saturated carbocycles. The van der Waals surface area contributed by atoms with Crippen molar-refractivity contribution in [2.45, 2.75) is 51.1 Å². The van der Waals surface area contributed by atoms with E-state index in [-0.39, 0.29) is 11.9 Å². The molecule has 2 fully saturated rings. The van der Waals surface area contributed by atoms with Gasteiger partial charge in [-0.05, 0) is 49.8 Å². The average molecular weight is 293 g/mol. The summed E-state index contributed by atoms with van der Waals surface area (Å²) >= 11 is 5.99. The Morgan fingerprint density at radius 3 is 2.95 bits per heavy atom. The monoisotopic (exact) mass is 292 g/mol.